The van der Waals surface area contributed by atoms with Crippen LogP contribution in [0, 0.1) is 5.92 Å². The van der Waals surface area contributed by atoms with E-state index in [1.807, 2.05) is 0 Å². The number of benzene rings is 1. The van der Waals surface area contributed by atoms with Crippen molar-refractivity contribution in [3.8, 4) is 0 Å². The van der Waals surface area contributed by atoms with Crippen LogP contribution < -0.4 is 0 Å². The third-order valence-corrected chi connectivity index (χ3v) is 4.28. The van der Waals surface area contributed by atoms with Gasteiger partial charge in [0, 0.05) is 43.3 Å². The minimum absolute atomic E-state index is 0.708. The van der Waals surface area contributed by atoms with Gasteiger partial charge in [-0.3, -0.25) is 0 Å². The second-order valence-electron chi connectivity index (χ2n) is 5.88. The molecule has 1 aromatic heterocycles. The number of fused-ring (bicyclic) bond motifs is 1. The van der Waals surface area contributed by atoms with Crippen LogP contribution in [0.4, 0.5) is 0 Å². The number of hydrogen-bond acceptors (Lipinski definition) is 2. The first-order valence-corrected chi connectivity index (χ1v) is 7.61. The zero-order chi connectivity index (χ0) is 13.9. The van der Waals surface area contributed by atoms with E-state index in [4.69, 9.17) is 4.74 Å². The highest BCUT2D eigenvalue weighted by atomic mass is 16.5. The molecule has 1 aromatic carbocycles. The van der Waals surface area contributed by atoms with Crippen LogP contribution in [-0.4, -0.2) is 36.3 Å². The second kappa shape index (κ2) is 5.98. The summed E-state index contributed by atoms with van der Waals surface area (Å²) < 4.78 is 7.78. The minimum atomic E-state index is 0.708. The molecule has 0 bridgehead atoms. The Morgan fingerprint density at radius 3 is 3.00 bits per heavy atom. The van der Waals surface area contributed by atoms with E-state index in [2.05, 4.69) is 53.9 Å². The summed E-state index contributed by atoms with van der Waals surface area (Å²) in [6.07, 6.45) is 3.40. The van der Waals surface area contributed by atoms with Crippen molar-refractivity contribution in [1.82, 2.24) is 9.47 Å². The summed E-state index contributed by atoms with van der Waals surface area (Å²) >= 11 is 0. The largest absolute Gasteiger partial charge is 0.381 e. The molecule has 1 atom stereocenters. The van der Waals surface area contributed by atoms with Crippen LogP contribution in [0.15, 0.2) is 30.5 Å². The Morgan fingerprint density at radius 1 is 1.35 bits per heavy atom. The number of hydrogen-bond donors (Lipinski definition) is 0. The zero-order valence-corrected chi connectivity index (χ0v) is 12.5. The van der Waals surface area contributed by atoms with Crippen molar-refractivity contribution in [3.63, 3.8) is 0 Å². The van der Waals surface area contributed by atoms with Crippen molar-refractivity contribution in [2.45, 2.75) is 26.4 Å². The first-order valence-electron chi connectivity index (χ1n) is 7.61. The Morgan fingerprint density at radius 2 is 2.25 bits per heavy atom. The van der Waals surface area contributed by atoms with E-state index in [1.54, 1.807) is 0 Å². The molecule has 1 fully saturated rings. The van der Waals surface area contributed by atoms with Gasteiger partial charge in [-0.15, -0.1) is 0 Å². The molecule has 0 aliphatic carbocycles. The van der Waals surface area contributed by atoms with Crippen LogP contribution in [0.5, 0.6) is 0 Å². The van der Waals surface area contributed by atoms with Crippen molar-refractivity contribution in [3.05, 3.63) is 36.0 Å². The lowest BCUT2D eigenvalue weighted by Crippen LogP contribution is -2.25. The van der Waals surface area contributed by atoms with Gasteiger partial charge in [0.2, 0.25) is 0 Å². The van der Waals surface area contributed by atoms with Crippen LogP contribution >= 0.6 is 0 Å². The average molecular weight is 272 g/mol. The standard InChI is InChI=1S/C17H24N2O/c1-3-19-9-7-16-15(5-4-6-17(16)19)12-18(2)11-14-8-10-20-13-14/h4-7,9,14H,3,8,10-13H2,1-2H3/t14-/m1/s1. The predicted molar refractivity (Wildman–Crippen MR) is 82.9 cm³/mol. The van der Waals surface area contributed by atoms with E-state index >= 15 is 0 Å². The maximum Gasteiger partial charge on any atom is 0.0507 e. The lowest BCUT2D eigenvalue weighted by molar-refractivity contribution is 0.173. The minimum Gasteiger partial charge on any atom is -0.381 e. The molecule has 2 aromatic rings. The van der Waals surface area contributed by atoms with Crippen molar-refractivity contribution in [2.75, 3.05) is 26.8 Å². The molecular formula is C17H24N2O. The fourth-order valence-electron chi connectivity index (χ4n) is 3.22. The van der Waals surface area contributed by atoms with E-state index in [1.165, 1.54) is 22.9 Å². The summed E-state index contributed by atoms with van der Waals surface area (Å²) in [5.74, 6) is 0.708. The first-order chi connectivity index (χ1) is 9.78. The summed E-state index contributed by atoms with van der Waals surface area (Å²) in [5.41, 5.74) is 2.78. The molecule has 3 rings (SSSR count). The van der Waals surface area contributed by atoms with Gasteiger partial charge in [0.15, 0.2) is 0 Å². The SMILES string of the molecule is CCn1ccc2c(CN(C)C[C@H]3CCOC3)cccc21. The van der Waals surface area contributed by atoms with Crippen LogP contribution in [0.2, 0.25) is 0 Å². The maximum atomic E-state index is 5.47. The maximum absolute atomic E-state index is 5.47. The van der Waals surface area contributed by atoms with Crippen LogP contribution in [0.3, 0.4) is 0 Å². The van der Waals surface area contributed by atoms with Crippen LogP contribution in [0.1, 0.15) is 18.9 Å². The molecule has 3 nitrogen and oxygen atoms in total. The third-order valence-electron chi connectivity index (χ3n) is 4.28. The summed E-state index contributed by atoms with van der Waals surface area (Å²) in [7, 11) is 2.22. The lowest BCUT2D eigenvalue weighted by atomic mass is 10.1. The van der Waals surface area contributed by atoms with Gasteiger partial charge in [0.05, 0.1) is 6.61 Å². The second-order valence-corrected chi connectivity index (χ2v) is 5.88. The van der Waals surface area contributed by atoms with Gasteiger partial charge >= 0.3 is 0 Å². The van der Waals surface area contributed by atoms with E-state index in [-0.39, 0.29) is 0 Å². The van der Waals surface area contributed by atoms with E-state index in [9.17, 15) is 0 Å². The molecule has 1 saturated heterocycles. The summed E-state index contributed by atoms with van der Waals surface area (Å²) in [6, 6.07) is 8.90. The van der Waals surface area contributed by atoms with Crippen molar-refractivity contribution >= 4 is 10.9 Å². The Bertz CT molecular complexity index is 569. The molecule has 3 heteroatoms. The average Bonchev–Trinajstić information content (AvgIpc) is 3.07. The molecule has 0 N–H and O–H groups in total. The van der Waals surface area contributed by atoms with Crippen molar-refractivity contribution in [2.24, 2.45) is 5.92 Å². The zero-order valence-electron chi connectivity index (χ0n) is 12.5. The summed E-state index contributed by atoms with van der Waals surface area (Å²) in [4.78, 5) is 2.43. The lowest BCUT2D eigenvalue weighted by Gasteiger charge is -2.20. The Kier molecular flexibility index (Phi) is 4.08. The molecule has 0 radical (unpaired) electrons. The smallest absolute Gasteiger partial charge is 0.0507 e. The molecule has 0 spiro atoms. The van der Waals surface area contributed by atoms with E-state index in [0.29, 0.717) is 5.92 Å². The van der Waals surface area contributed by atoms with Gasteiger partial charge in [-0.05, 0) is 44.0 Å². The molecule has 0 amide bonds. The molecular weight excluding hydrogens is 248 g/mol. The number of nitrogens with zero attached hydrogens (tertiary/aromatic N) is 2. The number of ether oxygens (including phenoxy) is 1. The Labute approximate surface area is 121 Å². The molecule has 1 aliphatic heterocycles. The highest BCUT2D eigenvalue weighted by Gasteiger charge is 2.17. The van der Waals surface area contributed by atoms with Gasteiger partial charge in [0.25, 0.3) is 0 Å². The topological polar surface area (TPSA) is 17.4 Å². The quantitative estimate of drug-likeness (QED) is 0.832. The van der Waals surface area contributed by atoms with Crippen molar-refractivity contribution < 1.29 is 4.74 Å². The highest BCUT2D eigenvalue weighted by Crippen LogP contribution is 2.22. The van der Waals surface area contributed by atoms with Gasteiger partial charge in [-0.2, -0.15) is 0 Å². The van der Waals surface area contributed by atoms with Crippen molar-refractivity contribution in [1.29, 1.82) is 0 Å². The van der Waals surface area contributed by atoms with Crippen LogP contribution in [0.25, 0.3) is 10.9 Å². The van der Waals surface area contributed by atoms with Gasteiger partial charge in [0.1, 0.15) is 0 Å². The summed E-state index contributed by atoms with van der Waals surface area (Å²) in [6.45, 7) is 7.24. The molecule has 0 saturated carbocycles. The predicted octanol–water partition coefficient (Wildman–Crippen LogP) is 3.13. The molecule has 2 heterocycles. The molecule has 108 valence electrons. The van der Waals surface area contributed by atoms with E-state index < -0.39 is 0 Å². The number of aromatic nitrogens is 1. The first kappa shape index (κ1) is 13.7. The monoisotopic (exact) mass is 272 g/mol. The third kappa shape index (κ3) is 2.74. The molecule has 1 aliphatic rings. The Balaban J connectivity index is 1.74. The van der Waals surface area contributed by atoms with Crippen LogP contribution in [-0.2, 0) is 17.8 Å². The van der Waals surface area contributed by atoms with Gasteiger partial charge in [-0.1, -0.05) is 12.1 Å². The normalized spacial score (nSPS) is 19.2. The van der Waals surface area contributed by atoms with Gasteiger partial charge < -0.3 is 14.2 Å². The van der Waals surface area contributed by atoms with E-state index in [0.717, 1.165) is 32.8 Å². The van der Waals surface area contributed by atoms with Gasteiger partial charge in [-0.25, -0.2) is 0 Å². The number of aryl methyl sites for hydroxylation is 1. The summed E-state index contributed by atoms with van der Waals surface area (Å²) in [5, 5.41) is 1.39. The number of rotatable bonds is 5. The fraction of sp³-hybridized carbons (Fsp3) is 0.529. The highest BCUT2D eigenvalue weighted by molar-refractivity contribution is 5.83. The Hall–Kier alpha value is -1.32. The molecule has 0 unspecified atom stereocenters. The molecule has 20 heavy (non-hydrogen) atoms. The fourth-order valence-corrected chi connectivity index (χ4v) is 3.22.